The molecule has 6 rings (SSSR count). The summed E-state index contributed by atoms with van der Waals surface area (Å²) in [5.74, 6) is 3.62. The number of hydrogen-bond acceptors (Lipinski definition) is 8. The van der Waals surface area contributed by atoms with E-state index in [4.69, 9.17) is 18.3 Å². The van der Waals surface area contributed by atoms with Crippen molar-refractivity contribution >= 4 is 11.0 Å². The summed E-state index contributed by atoms with van der Waals surface area (Å²) in [4.78, 5) is 2.34. The second-order valence-electron chi connectivity index (χ2n) is 9.87. The molecule has 2 aromatic heterocycles. The molecular formula is C28H31N3O5. The molecule has 0 amide bonds. The minimum absolute atomic E-state index is 0.212. The van der Waals surface area contributed by atoms with Crippen LogP contribution in [0.4, 0.5) is 0 Å². The molecule has 2 aliphatic heterocycles. The highest BCUT2D eigenvalue weighted by atomic mass is 16.5. The molecule has 8 nitrogen and oxygen atoms in total. The van der Waals surface area contributed by atoms with Gasteiger partial charge in [-0.25, -0.2) is 0 Å². The molecule has 1 saturated heterocycles. The van der Waals surface area contributed by atoms with Crippen LogP contribution in [0, 0.1) is 13.8 Å². The smallest absolute Gasteiger partial charge is 0.283 e. The normalized spacial score (nSPS) is 17.3. The van der Waals surface area contributed by atoms with Gasteiger partial charge in [0.2, 0.25) is 5.89 Å². The van der Waals surface area contributed by atoms with Crippen LogP contribution in [-0.4, -0.2) is 59.2 Å². The van der Waals surface area contributed by atoms with Crippen LogP contribution in [0.3, 0.4) is 0 Å². The number of aromatic nitrogens is 2. The minimum Gasteiger partial charge on any atom is -0.493 e. The highest BCUT2D eigenvalue weighted by molar-refractivity contribution is 5.87. The number of aliphatic hydroxyl groups excluding tert-OH is 1. The summed E-state index contributed by atoms with van der Waals surface area (Å²) >= 11 is 0. The van der Waals surface area contributed by atoms with Crippen molar-refractivity contribution in [2.24, 2.45) is 0 Å². The molecule has 0 radical (unpaired) electrons. The molecule has 36 heavy (non-hydrogen) atoms. The molecule has 2 aromatic carbocycles. The fourth-order valence-corrected chi connectivity index (χ4v) is 5.42. The lowest BCUT2D eigenvalue weighted by Crippen LogP contribution is -2.40. The van der Waals surface area contributed by atoms with Gasteiger partial charge in [-0.15, -0.1) is 10.2 Å². The molecule has 8 heteroatoms. The number of piperidine rings is 1. The number of fused-ring (bicyclic) bond motifs is 2. The summed E-state index contributed by atoms with van der Waals surface area (Å²) in [5, 5.41) is 19.4. The first-order valence-corrected chi connectivity index (χ1v) is 12.7. The summed E-state index contributed by atoms with van der Waals surface area (Å²) in [6, 6.07) is 12.1. The van der Waals surface area contributed by atoms with E-state index in [0.717, 1.165) is 50.1 Å². The van der Waals surface area contributed by atoms with Gasteiger partial charge in [0.15, 0.2) is 5.76 Å². The van der Waals surface area contributed by atoms with Crippen LogP contribution in [0.5, 0.6) is 11.5 Å². The Labute approximate surface area is 209 Å². The predicted octanol–water partition coefficient (Wildman–Crippen LogP) is 4.65. The van der Waals surface area contributed by atoms with Gasteiger partial charge >= 0.3 is 0 Å². The number of β-amino-alcohol motifs (C(OH)–C–C–N with tert-alkyl or cyclic N) is 1. The second-order valence-corrected chi connectivity index (χ2v) is 9.87. The molecule has 0 bridgehead atoms. The van der Waals surface area contributed by atoms with Crippen molar-refractivity contribution in [3.05, 3.63) is 59.0 Å². The molecule has 0 unspecified atom stereocenters. The van der Waals surface area contributed by atoms with E-state index < -0.39 is 6.10 Å². The number of likely N-dealkylation sites (tertiary alicyclic amines) is 1. The number of furan rings is 1. The molecular weight excluding hydrogens is 458 g/mol. The molecule has 1 fully saturated rings. The second kappa shape index (κ2) is 9.59. The minimum atomic E-state index is -0.582. The van der Waals surface area contributed by atoms with Crippen LogP contribution in [0.25, 0.3) is 22.6 Å². The van der Waals surface area contributed by atoms with E-state index in [2.05, 4.69) is 34.2 Å². The lowest BCUT2D eigenvalue weighted by molar-refractivity contribution is 0.0599. The first kappa shape index (κ1) is 23.1. The molecule has 1 N–H and O–H groups in total. The van der Waals surface area contributed by atoms with Crippen LogP contribution in [0.2, 0.25) is 0 Å². The van der Waals surface area contributed by atoms with Crippen molar-refractivity contribution in [1.82, 2.24) is 15.1 Å². The maximum Gasteiger partial charge on any atom is 0.283 e. The fraction of sp³-hybridized carbons (Fsp3) is 0.429. The van der Waals surface area contributed by atoms with Crippen LogP contribution in [0.15, 0.2) is 45.2 Å². The van der Waals surface area contributed by atoms with E-state index in [1.165, 1.54) is 16.7 Å². The third-order valence-electron chi connectivity index (χ3n) is 7.21. The number of aliphatic hydroxyl groups is 1. The van der Waals surface area contributed by atoms with Gasteiger partial charge in [0.1, 0.15) is 29.8 Å². The Morgan fingerprint density at radius 3 is 2.78 bits per heavy atom. The first-order chi connectivity index (χ1) is 17.5. The highest BCUT2D eigenvalue weighted by Gasteiger charge is 2.25. The summed E-state index contributed by atoms with van der Waals surface area (Å²) in [5.41, 5.74) is 4.71. The molecule has 1 atom stereocenters. The lowest BCUT2D eigenvalue weighted by Gasteiger charge is -2.33. The monoisotopic (exact) mass is 489 g/mol. The van der Waals surface area contributed by atoms with E-state index in [1.807, 2.05) is 24.3 Å². The number of hydrogen-bond donors (Lipinski definition) is 1. The van der Waals surface area contributed by atoms with Crippen molar-refractivity contribution in [1.29, 1.82) is 0 Å². The van der Waals surface area contributed by atoms with Gasteiger partial charge in [-0.3, -0.25) is 0 Å². The number of aryl methyl sites for hydroxylation is 2. The van der Waals surface area contributed by atoms with E-state index in [-0.39, 0.29) is 6.61 Å². The Balaban J connectivity index is 1.04. The predicted molar refractivity (Wildman–Crippen MR) is 135 cm³/mol. The van der Waals surface area contributed by atoms with Gasteiger partial charge in [0, 0.05) is 26.0 Å². The Morgan fingerprint density at radius 2 is 1.97 bits per heavy atom. The van der Waals surface area contributed by atoms with Crippen molar-refractivity contribution in [2.75, 3.05) is 32.8 Å². The van der Waals surface area contributed by atoms with Gasteiger partial charge < -0.3 is 28.3 Å². The van der Waals surface area contributed by atoms with E-state index >= 15 is 0 Å². The van der Waals surface area contributed by atoms with E-state index in [1.54, 1.807) is 6.92 Å². The zero-order chi connectivity index (χ0) is 24.6. The van der Waals surface area contributed by atoms with Crippen molar-refractivity contribution in [2.45, 2.75) is 45.1 Å². The molecule has 0 aliphatic carbocycles. The summed E-state index contributed by atoms with van der Waals surface area (Å²) in [7, 11) is 0. The number of ether oxygens (including phenoxy) is 2. The van der Waals surface area contributed by atoms with E-state index in [0.29, 0.717) is 41.3 Å². The van der Waals surface area contributed by atoms with Crippen molar-refractivity contribution in [3.63, 3.8) is 0 Å². The van der Waals surface area contributed by atoms with Crippen LogP contribution < -0.4 is 9.47 Å². The SMILES string of the molecule is Cc1nnc(-c2cc3c(OC[C@@H](O)CN4CCC(c5cc(C)c6c(c5)CCO6)CC4)cccc3o2)o1. The maximum absolute atomic E-state index is 10.7. The van der Waals surface area contributed by atoms with Crippen LogP contribution in [0.1, 0.15) is 41.3 Å². The summed E-state index contributed by atoms with van der Waals surface area (Å²) < 4.78 is 23.1. The maximum atomic E-state index is 10.7. The number of nitrogens with zero attached hydrogens (tertiary/aromatic N) is 3. The molecule has 0 saturated carbocycles. The third-order valence-corrected chi connectivity index (χ3v) is 7.21. The fourth-order valence-electron chi connectivity index (χ4n) is 5.42. The molecule has 4 heterocycles. The Hall–Kier alpha value is -3.36. The molecule has 4 aromatic rings. The zero-order valence-electron chi connectivity index (χ0n) is 20.7. The highest BCUT2D eigenvalue weighted by Crippen LogP contribution is 2.36. The van der Waals surface area contributed by atoms with Crippen LogP contribution in [-0.2, 0) is 6.42 Å². The summed E-state index contributed by atoms with van der Waals surface area (Å²) in [6.45, 7) is 7.43. The molecule has 0 spiro atoms. The van der Waals surface area contributed by atoms with Gasteiger partial charge in [-0.2, -0.15) is 0 Å². The Bertz CT molecular complexity index is 1370. The van der Waals surface area contributed by atoms with Crippen molar-refractivity contribution < 1.29 is 23.4 Å². The van der Waals surface area contributed by atoms with Gasteiger partial charge in [0.05, 0.1) is 12.0 Å². The standard InChI is InChI=1S/C28H31N3O5/c1-17-12-21(13-20-8-11-33-27(17)20)19-6-9-31(10-7-19)15-22(32)16-34-24-4-3-5-25-23(24)14-26(36-25)28-30-29-18(2)35-28/h3-5,12-14,19,22,32H,6-11,15-16H2,1-2H3/t22-/m0/s1. The Morgan fingerprint density at radius 1 is 1.11 bits per heavy atom. The summed E-state index contributed by atoms with van der Waals surface area (Å²) in [6.07, 6.45) is 2.62. The average molecular weight is 490 g/mol. The van der Waals surface area contributed by atoms with E-state index in [9.17, 15) is 5.11 Å². The topological polar surface area (TPSA) is 94.0 Å². The van der Waals surface area contributed by atoms with Gasteiger partial charge in [-0.1, -0.05) is 18.2 Å². The van der Waals surface area contributed by atoms with Gasteiger partial charge in [-0.05, 0) is 67.6 Å². The molecule has 2 aliphatic rings. The Kier molecular flexibility index (Phi) is 6.15. The lowest BCUT2D eigenvalue weighted by atomic mass is 9.87. The first-order valence-electron chi connectivity index (χ1n) is 12.7. The van der Waals surface area contributed by atoms with Crippen molar-refractivity contribution in [3.8, 4) is 23.1 Å². The average Bonchev–Trinajstić information content (AvgIpc) is 3.62. The number of benzene rings is 2. The largest absolute Gasteiger partial charge is 0.493 e. The number of rotatable bonds is 7. The third kappa shape index (κ3) is 4.58. The zero-order valence-corrected chi connectivity index (χ0v) is 20.7. The molecule has 188 valence electrons. The quantitative estimate of drug-likeness (QED) is 0.401. The van der Waals surface area contributed by atoms with Crippen LogP contribution >= 0.6 is 0 Å². The van der Waals surface area contributed by atoms with Gasteiger partial charge in [0.25, 0.3) is 5.89 Å².